The van der Waals surface area contributed by atoms with Crippen LogP contribution in [-0.2, 0) is 4.79 Å². The molecule has 8 heteroatoms. The molecule has 0 spiro atoms. The molecule has 0 heterocycles. The zero-order valence-corrected chi connectivity index (χ0v) is 19.6. The van der Waals surface area contributed by atoms with E-state index in [1.807, 2.05) is 38.4 Å². The Kier molecular flexibility index (Phi) is 10.4. The van der Waals surface area contributed by atoms with Crippen LogP contribution in [0, 0.1) is 5.41 Å². The maximum absolute atomic E-state index is 12.6. The van der Waals surface area contributed by atoms with Crippen molar-refractivity contribution in [2.45, 2.75) is 25.7 Å². The van der Waals surface area contributed by atoms with Crippen molar-refractivity contribution >= 4 is 35.8 Å². The topological polar surface area (TPSA) is 75.2 Å². The highest BCUT2D eigenvalue weighted by Gasteiger charge is 2.42. The van der Waals surface area contributed by atoms with Gasteiger partial charge in [-0.05, 0) is 25.0 Å². The summed E-state index contributed by atoms with van der Waals surface area (Å²) >= 11 is 0. The predicted molar refractivity (Wildman–Crippen MR) is 123 cm³/mol. The third kappa shape index (κ3) is 6.72. The van der Waals surface area contributed by atoms with E-state index in [4.69, 9.17) is 9.47 Å². The monoisotopic (exact) mass is 504 g/mol. The molecule has 1 aliphatic carbocycles. The molecule has 158 valence electrons. The molecule has 0 unspecified atom stereocenters. The normalized spacial score (nSPS) is 15.4. The summed E-state index contributed by atoms with van der Waals surface area (Å²) in [7, 11) is 7.01. The molecule has 28 heavy (non-hydrogen) atoms. The van der Waals surface area contributed by atoms with Crippen LogP contribution in [-0.4, -0.2) is 64.7 Å². The molecule has 1 aromatic carbocycles. The van der Waals surface area contributed by atoms with Crippen LogP contribution < -0.4 is 20.1 Å². The van der Waals surface area contributed by atoms with E-state index in [0.29, 0.717) is 25.7 Å². The van der Waals surface area contributed by atoms with Crippen molar-refractivity contribution in [1.82, 2.24) is 15.5 Å². The molecule has 1 aliphatic rings. The van der Waals surface area contributed by atoms with Gasteiger partial charge in [-0.3, -0.25) is 9.79 Å². The second-order valence-corrected chi connectivity index (χ2v) is 7.07. The van der Waals surface area contributed by atoms with Gasteiger partial charge in [0.05, 0.1) is 19.1 Å². The van der Waals surface area contributed by atoms with E-state index < -0.39 is 0 Å². The molecule has 0 aliphatic heterocycles. The standard InChI is InChI=1S/C20H32N4O3.HI/c1-21-19(22-12-13-27-17-9-7-8-16(14-17)26-4)23-15-20(10-5-6-11-20)18(25)24(2)3;/h7-9,14H,5-6,10-13,15H2,1-4H3,(H2,21,22,23);1H. The van der Waals surface area contributed by atoms with Crippen LogP contribution in [0.4, 0.5) is 0 Å². The van der Waals surface area contributed by atoms with Gasteiger partial charge in [-0.2, -0.15) is 0 Å². The molecule has 0 atom stereocenters. The first-order valence-corrected chi connectivity index (χ1v) is 9.44. The molecule has 0 aromatic heterocycles. The van der Waals surface area contributed by atoms with Crippen molar-refractivity contribution in [3.05, 3.63) is 24.3 Å². The highest BCUT2D eigenvalue weighted by atomic mass is 127. The number of guanidine groups is 1. The van der Waals surface area contributed by atoms with Crippen molar-refractivity contribution in [1.29, 1.82) is 0 Å². The number of hydrogen-bond donors (Lipinski definition) is 2. The molecular formula is C20H33IN4O3. The van der Waals surface area contributed by atoms with Crippen molar-refractivity contribution in [2.75, 3.05) is 47.9 Å². The Morgan fingerprint density at radius 2 is 1.89 bits per heavy atom. The maximum Gasteiger partial charge on any atom is 0.230 e. The molecule has 7 nitrogen and oxygen atoms in total. The number of nitrogens with one attached hydrogen (secondary N) is 2. The first kappa shape index (κ1) is 24.3. The molecular weight excluding hydrogens is 471 g/mol. The largest absolute Gasteiger partial charge is 0.497 e. The number of halogens is 1. The summed E-state index contributed by atoms with van der Waals surface area (Å²) in [6.07, 6.45) is 4.04. The zero-order valence-electron chi connectivity index (χ0n) is 17.3. The number of ether oxygens (including phenoxy) is 2. The summed E-state index contributed by atoms with van der Waals surface area (Å²) in [5.74, 6) is 2.41. The third-order valence-electron chi connectivity index (χ3n) is 4.94. The molecule has 1 amide bonds. The van der Waals surface area contributed by atoms with E-state index in [0.717, 1.165) is 37.2 Å². The first-order chi connectivity index (χ1) is 13.0. The number of benzene rings is 1. The lowest BCUT2D eigenvalue weighted by atomic mass is 9.84. The third-order valence-corrected chi connectivity index (χ3v) is 4.94. The minimum atomic E-state index is -0.321. The number of nitrogens with zero attached hydrogens (tertiary/aromatic N) is 2. The summed E-state index contributed by atoms with van der Waals surface area (Å²) in [4.78, 5) is 18.6. The molecule has 2 N–H and O–H groups in total. The van der Waals surface area contributed by atoms with Crippen LogP contribution in [0.25, 0.3) is 0 Å². The molecule has 1 fully saturated rings. The number of carbonyl (C=O) groups is 1. The number of carbonyl (C=O) groups excluding carboxylic acids is 1. The van der Waals surface area contributed by atoms with Gasteiger partial charge in [0.15, 0.2) is 5.96 Å². The predicted octanol–water partition coefficient (Wildman–Crippen LogP) is 2.51. The Balaban J connectivity index is 0.00000392. The van der Waals surface area contributed by atoms with Crippen molar-refractivity contribution in [2.24, 2.45) is 10.4 Å². The lowest BCUT2D eigenvalue weighted by molar-refractivity contribution is -0.138. The van der Waals surface area contributed by atoms with E-state index in [1.165, 1.54) is 0 Å². The summed E-state index contributed by atoms with van der Waals surface area (Å²) in [5, 5.41) is 6.56. The Morgan fingerprint density at radius 3 is 2.50 bits per heavy atom. The fourth-order valence-electron chi connectivity index (χ4n) is 3.50. The van der Waals surface area contributed by atoms with Gasteiger partial charge in [0.1, 0.15) is 18.1 Å². The van der Waals surface area contributed by atoms with Gasteiger partial charge in [-0.1, -0.05) is 18.9 Å². The van der Waals surface area contributed by atoms with Crippen LogP contribution in [0.1, 0.15) is 25.7 Å². The number of methoxy groups -OCH3 is 1. The van der Waals surface area contributed by atoms with Crippen molar-refractivity contribution in [3.8, 4) is 11.5 Å². The van der Waals surface area contributed by atoms with Gasteiger partial charge in [0.25, 0.3) is 0 Å². The van der Waals surface area contributed by atoms with Crippen LogP contribution in [0.2, 0.25) is 0 Å². The molecule has 1 saturated carbocycles. The number of hydrogen-bond acceptors (Lipinski definition) is 4. The van der Waals surface area contributed by atoms with E-state index >= 15 is 0 Å². The van der Waals surface area contributed by atoms with Gasteiger partial charge in [0, 0.05) is 33.8 Å². The molecule has 1 aromatic rings. The Morgan fingerprint density at radius 1 is 1.21 bits per heavy atom. The second kappa shape index (κ2) is 12.0. The van der Waals surface area contributed by atoms with Crippen molar-refractivity contribution < 1.29 is 14.3 Å². The van der Waals surface area contributed by atoms with Gasteiger partial charge in [-0.25, -0.2) is 0 Å². The highest BCUT2D eigenvalue weighted by Crippen LogP contribution is 2.38. The fourth-order valence-corrected chi connectivity index (χ4v) is 3.50. The van der Waals surface area contributed by atoms with E-state index in [2.05, 4.69) is 15.6 Å². The summed E-state index contributed by atoms with van der Waals surface area (Å²) in [6.45, 7) is 1.70. The molecule has 0 saturated heterocycles. The van der Waals surface area contributed by atoms with Crippen LogP contribution >= 0.6 is 24.0 Å². The van der Waals surface area contributed by atoms with Gasteiger partial charge >= 0.3 is 0 Å². The van der Waals surface area contributed by atoms with Crippen LogP contribution in [0.3, 0.4) is 0 Å². The Hall–Kier alpha value is -1.71. The number of amides is 1. The summed E-state index contributed by atoms with van der Waals surface area (Å²) in [5.41, 5.74) is -0.321. The number of rotatable bonds is 8. The second-order valence-electron chi connectivity index (χ2n) is 7.07. The first-order valence-electron chi connectivity index (χ1n) is 9.44. The fraction of sp³-hybridized carbons (Fsp3) is 0.600. The Bertz CT molecular complexity index is 646. The minimum absolute atomic E-state index is 0. The molecule has 0 radical (unpaired) electrons. The smallest absolute Gasteiger partial charge is 0.230 e. The number of aliphatic imine (C=N–C) groups is 1. The van der Waals surface area contributed by atoms with Crippen LogP contribution in [0.15, 0.2) is 29.3 Å². The summed E-state index contributed by atoms with van der Waals surface area (Å²) in [6, 6.07) is 7.52. The van der Waals surface area contributed by atoms with E-state index in [-0.39, 0.29) is 35.3 Å². The lowest BCUT2D eigenvalue weighted by Crippen LogP contribution is -2.49. The molecule has 0 bridgehead atoms. The highest BCUT2D eigenvalue weighted by molar-refractivity contribution is 14.0. The minimum Gasteiger partial charge on any atom is -0.497 e. The summed E-state index contributed by atoms with van der Waals surface area (Å²) < 4.78 is 10.9. The SMILES string of the molecule is CN=C(NCCOc1cccc(OC)c1)NCC1(C(=O)N(C)C)CCCC1.I. The van der Waals surface area contributed by atoms with E-state index in [1.54, 1.807) is 19.1 Å². The lowest BCUT2D eigenvalue weighted by Gasteiger charge is -2.31. The average molecular weight is 504 g/mol. The zero-order chi connectivity index (χ0) is 19.7. The Labute approximate surface area is 185 Å². The molecule has 2 rings (SSSR count). The van der Waals surface area contributed by atoms with Crippen molar-refractivity contribution in [3.63, 3.8) is 0 Å². The average Bonchev–Trinajstić information content (AvgIpc) is 3.17. The van der Waals surface area contributed by atoms with E-state index in [9.17, 15) is 4.79 Å². The van der Waals surface area contributed by atoms with Gasteiger partial charge in [0.2, 0.25) is 5.91 Å². The van der Waals surface area contributed by atoms with Gasteiger partial charge in [-0.15, -0.1) is 24.0 Å². The van der Waals surface area contributed by atoms with Gasteiger partial charge < -0.3 is 25.0 Å². The quantitative estimate of drug-likeness (QED) is 0.246. The maximum atomic E-state index is 12.6. The van der Waals surface area contributed by atoms with Crippen LogP contribution in [0.5, 0.6) is 11.5 Å².